The molecule has 0 aromatic heterocycles. The van der Waals surface area contributed by atoms with Crippen molar-refractivity contribution in [2.24, 2.45) is 0 Å². The summed E-state index contributed by atoms with van der Waals surface area (Å²) < 4.78 is 5.34. The average Bonchev–Trinajstić information content (AvgIpc) is 3.03. The van der Waals surface area contributed by atoms with E-state index in [9.17, 15) is 14.4 Å². The van der Waals surface area contributed by atoms with Crippen molar-refractivity contribution in [2.75, 3.05) is 6.61 Å². The van der Waals surface area contributed by atoms with E-state index in [1.165, 1.54) is 6.19 Å². The molecular formula is C21H19N3O5. The Morgan fingerprint density at radius 3 is 2.21 bits per heavy atom. The molecular weight excluding hydrogens is 374 g/mol. The van der Waals surface area contributed by atoms with Crippen LogP contribution in [-0.2, 0) is 14.3 Å². The molecule has 0 bridgehead atoms. The lowest BCUT2D eigenvalue weighted by atomic mass is 9.98. The van der Waals surface area contributed by atoms with Crippen molar-refractivity contribution < 1.29 is 24.2 Å². The van der Waals surface area contributed by atoms with Crippen LogP contribution in [0.25, 0.3) is 11.1 Å². The maximum Gasteiger partial charge on any atom is 0.407 e. The Morgan fingerprint density at radius 2 is 1.66 bits per heavy atom. The highest BCUT2D eigenvalue weighted by atomic mass is 16.5. The molecule has 8 heteroatoms. The van der Waals surface area contributed by atoms with Crippen molar-refractivity contribution in [3.05, 3.63) is 59.7 Å². The van der Waals surface area contributed by atoms with Gasteiger partial charge >= 0.3 is 12.1 Å². The summed E-state index contributed by atoms with van der Waals surface area (Å²) in [6.07, 6.45) is 0.117. The predicted molar refractivity (Wildman–Crippen MR) is 103 cm³/mol. The standard InChI is InChI=1S/C21H19N3O5/c22-12-23-20(27)18(9-10-19(25)26)24-21(28)29-11-17-15-7-3-1-5-13(15)14-6-2-4-8-16(14)17/h1-8,17-18H,9-11H2,(H,23,27)(H,24,28)(H,25,26). The molecule has 2 amide bonds. The normalized spacial score (nSPS) is 12.8. The van der Waals surface area contributed by atoms with Gasteiger partial charge in [0.25, 0.3) is 5.91 Å². The smallest absolute Gasteiger partial charge is 0.407 e. The van der Waals surface area contributed by atoms with Crippen LogP contribution < -0.4 is 10.6 Å². The van der Waals surface area contributed by atoms with E-state index in [2.05, 4.69) is 5.32 Å². The summed E-state index contributed by atoms with van der Waals surface area (Å²) >= 11 is 0. The topological polar surface area (TPSA) is 129 Å². The van der Waals surface area contributed by atoms with Gasteiger partial charge in [0.1, 0.15) is 12.6 Å². The number of nitrogens with one attached hydrogen (secondary N) is 2. The zero-order chi connectivity index (χ0) is 20.8. The molecule has 0 radical (unpaired) electrons. The quantitative estimate of drug-likeness (QED) is 0.489. The SMILES string of the molecule is N#CNC(=O)C(CCC(=O)O)NC(=O)OCC1c2ccccc2-c2ccccc21. The monoisotopic (exact) mass is 393 g/mol. The van der Waals surface area contributed by atoms with Gasteiger partial charge in [0.2, 0.25) is 0 Å². The van der Waals surface area contributed by atoms with E-state index >= 15 is 0 Å². The Bertz CT molecular complexity index is 937. The molecule has 1 unspecified atom stereocenters. The Kier molecular flexibility index (Phi) is 6.09. The van der Waals surface area contributed by atoms with E-state index < -0.39 is 24.0 Å². The lowest BCUT2D eigenvalue weighted by Crippen LogP contribution is -2.46. The number of rotatable bonds is 7. The second-order valence-corrected chi connectivity index (χ2v) is 6.56. The number of nitrogens with zero attached hydrogens (tertiary/aromatic N) is 1. The zero-order valence-corrected chi connectivity index (χ0v) is 15.4. The van der Waals surface area contributed by atoms with Crippen molar-refractivity contribution in [1.29, 1.82) is 5.26 Å². The Morgan fingerprint density at radius 1 is 1.07 bits per heavy atom. The molecule has 3 N–H and O–H groups in total. The number of ether oxygens (including phenoxy) is 1. The van der Waals surface area contributed by atoms with E-state index in [0.717, 1.165) is 22.3 Å². The van der Waals surface area contributed by atoms with Crippen LogP contribution in [0.4, 0.5) is 4.79 Å². The van der Waals surface area contributed by atoms with E-state index in [1.54, 1.807) is 0 Å². The average molecular weight is 393 g/mol. The number of alkyl carbamates (subject to hydrolysis) is 1. The molecule has 29 heavy (non-hydrogen) atoms. The molecule has 0 saturated heterocycles. The number of amides is 2. The van der Waals surface area contributed by atoms with Crippen LogP contribution in [0.1, 0.15) is 29.9 Å². The molecule has 8 nitrogen and oxygen atoms in total. The van der Waals surface area contributed by atoms with E-state index in [-0.39, 0.29) is 25.4 Å². The van der Waals surface area contributed by atoms with Crippen molar-refractivity contribution >= 4 is 18.0 Å². The molecule has 148 valence electrons. The summed E-state index contributed by atoms with van der Waals surface area (Å²) in [7, 11) is 0. The zero-order valence-electron chi connectivity index (χ0n) is 15.4. The second-order valence-electron chi connectivity index (χ2n) is 6.56. The third-order valence-electron chi connectivity index (χ3n) is 4.78. The molecule has 0 spiro atoms. The van der Waals surface area contributed by atoms with E-state index in [0.29, 0.717) is 0 Å². The van der Waals surface area contributed by atoms with Crippen LogP contribution in [0.2, 0.25) is 0 Å². The largest absolute Gasteiger partial charge is 0.481 e. The first-order valence-electron chi connectivity index (χ1n) is 9.03. The first-order valence-corrected chi connectivity index (χ1v) is 9.03. The number of carboxylic acid groups (broad SMARTS) is 1. The summed E-state index contributed by atoms with van der Waals surface area (Å²) in [5, 5.41) is 21.6. The summed E-state index contributed by atoms with van der Waals surface area (Å²) in [5.41, 5.74) is 4.27. The lowest BCUT2D eigenvalue weighted by molar-refractivity contribution is -0.137. The van der Waals surface area contributed by atoms with Gasteiger partial charge in [0.15, 0.2) is 6.19 Å². The van der Waals surface area contributed by atoms with Crippen LogP contribution in [0, 0.1) is 11.5 Å². The molecule has 0 heterocycles. The minimum Gasteiger partial charge on any atom is -0.481 e. The predicted octanol–water partition coefficient (Wildman–Crippen LogP) is 2.36. The summed E-state index contributed by atoms with van der Waals surface area (Å²) in [5.74, 6) is -2.05. The van der Waals surface area contributed by atoms with Crippen molar-refractivity contribution in [3.8, 4) is 17.3 Å². The Balaban J connectivity index is 1.67. The highest BCUT2D eigenvalue weighted by Crippen LogP contribution is 2.44. The molecule has 0 fully saturated rings. The van der Waals surface area contributed by atoms with Gasteiger partial charge in [0, 0.05) is 12.3 Å². The number of carbonyl (C=O) groups excluding carboxylic acids is 2. The van der Waals surface area contributed by atoms with Gasteiger partial charge in [-0.2, -0.15) is 5.26 Å². The van der Waals surface area contributed by atoms with Gasteiger partial charge in [-0.3, -0.25) is 14.9 Å². The number of nitriles is 1. The summed E-state index contributed by atoms with van der Waals surface area (Å²) in [4.78, 5) is 34.9. The van der Waals surface area contributed by atoms with Gasteiger partial charge in [-0.05, 0) is 28.7 Å². The molecule has 2 aromatic rings. The van der Waals surface area contributed by atoms with Gasteiger partial charge in [0.05, 0.1) is 0 Å². The highest BCUT2D eigenvalue weighted by Gasteiger charge is 2.29. The number of aliphatic carboxylic acids is 1. The van der Waals surface area contributed by atoms with Crippen LogP contribution >= 0.6 is 0 Å². The van der Waals surface area contributed by atoms with Gasteiger partial charge in [-0.15, -0.1) is 0 Å². The third kappa shape index (κ3) is 4.52. The molecule has 0 saturated carbocycles. The van der Waals surface area contributed by atoms with E-state index in [1.807, 2.05) is 53.8 Å². The summed E-state index contributed by atoms with van der Waals surface area (Å²) in [6, 6.07) is 14.6. The fraction of sp³-hybridized carbons (Fsp3) is 0.238. The number of benzene rings is 2. The third-order valence-corrected chi connectivity index (χ3v) is 4.78. The van der Waals surface area contributed by atoms with E-state index in [4.69, 9.17) is 15.1 Å². The maximum absolute atomic E-state index is 12.2. The molecule has 1 atom stereocenters. The second kappa shape index (κ2) is 8.89. The first-order chi connectivity index (χ1) is 14.0. The summed E-state index contributed by atoms with van der Waals surface area (Å²) in [6.45, 7) is 0.0609. The number of hydrogen-bond donors (Lipinski definition) is 3. The van der Waals surface area contributed by atoms with Crippen molar-refractivity contribution in [1.82, 2.24) is 10.6 Å². The van der Waals surface area contributed by atoms with Crippen LogP contribution in [0.5, 0.6) is 0 Å². The van der Waals surface area contributed by atoms with Crippen molar-refractivity contribution in [3.63, 3.8) is 0 Å². The number of carbonyl (C=O) groups is 3. The molecule has 2 aromatic carbocycles. The van der Waals surface area contributed by atoms with Crippen LogP contribution in [0.3, 0.4) is 0 Å². The highest BCUT2D eigenvalue weighted by molar-refractivity contribution is 5.87. The fourth-order valence-corrected chi connectivity index (χ4v) is 3.46. The molecule has 0 aliphatic heterocycles. The number of carboxylic acids is 1. The number of hydrogen-bond acceptors (Lipinski definition) is 5. The fourth-order valence-electron chi connectivity index (χ4n) is 3.46. The molecule has 3 rings (SSSR count). The molecule has 1 aliphatic carbocycles. The minimum absolute atomic E-state index is 0.0609. The Labute approximate surface area is 167 Å². The maximum atomic E-state index is 12.2. The minimum atomic E-state index is -1.18. The van der Waals surface area contributed by atoms with Crippen LogP contribution in [-0.4, -0.2) is 35.7 Å². The van der Waals surface area contributed by atoms with Crippen molar-refractivity contribution in [2.45, 2.75) is 24.8 Å². The van der Waals surface area contributed by atoms with Crippen LogP contribution in [0.15, 0.2) is 48.5 Å². The Hall–Kier alpha value is -3.86. The first kappa shape index (κ1) is 19.9. The van der Waals surface area contributed by atoms with Gasteiger partial charge < -0.3 is 15.2 Å². The molecule has 1 aliphatic rings. The van der Waals surface area contributed by atoms with Gasteiger partial charge in [-0.1, -0.05) is 48.5 Å². The lowest BCUT2D eigenvalue weighted by Gasteiger charge is -2.18. The van der Waals surface area contributed by atoms with Gasteiger partial charge in [-0.25, -0.2) is 4.79 Å². The number of fused-ring (bicyclic) bond motifs is 3.